The predicted octanol–water partition coefficient (Wildman–Crippen LogP) is 3.41. The van der Waals surface area contributed by atoms with E-state index in [0.717, 1.165) is 22.7 Å². The number of nitrogens with one attached hydrogen (secondary N) is 1. The summed E-state index contributed by atoms with van der Waals surface area (Å²) in [4.78, 5) is 15.8. The number of benzene rings is 1. The molecule has 0 atom stereocenters. The Morgan fingerprint density at radius 3 is 3.05 bits per heavy atom. The Morgan fingerprint density at radius 2 is 2.30 bits per heavy atom. The lowest BCUT2D eigenvalue weighted by atomic mass is 10.2. The fourth-order valence-electron chi connectivity index (χ4n) is 1.82. The van der Waals surface area contributed by atoms with Gasteiger partial charge in [-0.05, 0) is 18.6 Å². The van der Waals surface area contributed by atoms with Gasteiger partial charge in [0.15, 0.2) is 0 Å². The number of rotatable bonds is 6. The molecule has 2 rings (SSSR count). The quantitative estimate of drug-likeness (QED) is 0.886. The molecule has 1 aromatic heterocycles. The molecule has 20 heavy (non-hydrogen) atoms. The fourth-order valence-corrected chi connectivity index (χ4v) is 2.67. The molecule has 3 nitrogen and oxygen atoms in total. The van der Waals surface area contributed by atoms with Crippen molar-refractivity contribution in [3.05, 3.63) is 41.2 Å². The second-order valence-electron chi connectivity index (χ2n) is 4.50. The third-order valence-corrected chi connectivity index (χ3v) is 3.74. The summed E-state index contributed by atoms with van der Waals surface area (Å²) in [5.41, 5.74) is 1.71. The smallest absolute Gasteiger partial charge is 0.219 e. The maximum absolute atomic E-state index is 13.2. The molecule has 0 unspecified atom stereocenters. The number of thiazole rings is 1. The first-order chi connectivity index (χ1) is 9.69. The van der Waals surface area contributed by atoms with Gasteiger partial charge in [0, 0.05) is 30.3 Å². The van der Waals surface area contributed by atoms with Gasteiger partial charge < -0.3 is 5.32 Å². The summed E-state index contributed by atoms with van der Waals surface area (Å²) >= 11 is 1.49. The van der Waals surface area contributed by atoms with Crippen molar-refractivity contribution < 1.29 is 9.18 Å². The van der Waals surface area contributed by atoms with E-state index in [1.165, 1.54) is 23.5 Å². The van der Waals surface area contributed by atoms with Gasteiger partial charge in [-0.15, -0.1) is 11.3 Å². The summed E-state index contributed by atoms with van der Waals surface area (Å²) in [6.45, 7) is 2.57. The molecule has 0 aliphatic heterocycles. The molecule has 0 radical (unpaired) electrons. The summed E-state index contributed by atoms with van der Waals surface area (Å²) in [6.07, 6.45) is 2.11. The number of amides is 1. The van der Waals surface area contributed by atoms with Gasteiger partial charge in [0.05, 0.1) is 5.69 Å². The molecule has 1 heterocycles. The van der Waals surface area contributed by atoms with Crippen molar-refractivity contribution in [2.24, 2.45) is 0 Å². The molecular weight excluding hydrogens is 275 g/mol. The lowest BCUT2D eigenvalue weighted by Crippen LogP contribution is -2.25. The second-order valence-corrected chi connectivity index (χ2v) is 5.36. The van der Waals surface area contributed by atoms with Crippen LogP contribution >= 0.6 is 11.3 Å². The summed E-state index contributed by atoms with van der Waals surface area (Å²) in [6, 6.07) is 6.42. The zero-order chi connectivity index (χ0) is 14.4. The van der Waals surface area contributed by atoms with E-state index in [-0.39, 0.29) is 11.7 Å². The zero-order valence-electron chi connectivity index (χ0n) is 11.4. The van der Waals surface area contributed by atoms with Crippen LogP contribution in [0.25, 0.3) is 10.6 Å². The van der Waals surface area contributed by atoms with E-state index in [9.17, 15) is 9.18 Å². The van der Waals surface area contributed by atoms with Gasteiger partial charge >= 0.3 is 0 Å². The highest BCUT2D eigenvalue weighted by molar-refractivity contribution is 7.13. The zero-order valence-corrected chi connectivity index (χ0v) is 12.2. The first-order valence-electron chi connectivity index (χ1n) is 6.66. The van der Waals surface area contributed by atoms with Crippen LogP contribution in [0.2, 0.25) is 0 Å². The maximum Gasteiger partial charge on any atom is 0.219 e. The van der Waals surface area contributed by atoms with Gasteiger partial charge in [0.2, 0.25) is 5.91 Å². The molecule has 106 valence electrons. The molecular formula is C15H17FN2OS. The fraction of sp³-hybridized carbons (Fsp3) is 0.333. The average molecular weight is 292 g/mol. The van der Waals surface area contributed by atoms with Crippen molar-refractivity contribution in [1.82, 2.24) is 10.3 Å². The Kier molecular flexibility index (Phi) is 5.24. The molecule has 0 aliphatic carbocycles. The normalized spacial score (nSPS) is 10.5. The molecule has 0 spiro atoms. The van der Waals surface area contributed by atoms with Gasteiger partial charge in [-0.1, -0.05) is 19.1 Å². The standard InChI is InChI=1S/C15H17FN2OS/c1-2-4-14(19)17-8-7-13-10-20-15(18-13)11-5-3-6-12(16)9-11/h3,5-6,9-10H,2,4,7-8H2,1H3,(H,17,19). The molecule has 5 heteroatoms. The lowest BCUT2D eigenvalue weighted by molar-refractivity contribution is -0.121. The van der Waals surface area contributed by atoms with Crippen LogP contribution in [-0.2, 0) is 11.2 Å². The number of hydrogen-bond donors (Lipinski definition) is 1. The Morgan fingerprint density at radius 1 is 1.45 bits per heavy atom. The minimum Gasteiger partial charge on any atom is -0.356 e. The highest BCUT2D eigenvalue weighted by Gasteiger charge is 2.06. The van der Waals surface area contributed by atoms with E-state index in [1.54, 1.807) is 6.07 Å². The van der Waals surface area contributed by atoms with Gasteiger partial charge in [-0.3, -0.25) is 4.79 Å². The van der Waals surface area contributed by atoms with Crippen LogP contribution in [0.3, 0.4) is 0 Å². The molecule has 0 bridgehead atoms. The number of nitrogens with zero attached hydrogens (tertiary/aromatic N) is 1. The van der Waals surface area contributed by atoms with Crippen molar-refractivity contribution in [3.8, 4) is 10.6 Å². The molecule has 0 saturated carbocycles. The molecule has 1 N–H and O–H groups in total. The van der Waals surface area contributed by atoms with Crippen molar-refractivity contribution in [2.75, 3.05) is 6.54 Å². The summed E-state index contributed by atoms with van der Waals surface area (Å²) < 4.78 is 13.2. The number of halogens is 1. The molecule has 0 aliphatic rings. The Bertz CT molecular complexity index is 583. The molecule has 0 fully saturated rings. The summed E-state index contributed by atoms with van der Waals surface area (Å²) in [5.74, 6) is -0.181. The van der Waals surface area contributed by atoms with Crippen LogP contribution in [-0.4, -0.2) is 17.4 Å². The first kappa shape index (κ1) is 14.7. The minimum atomic E-state index is -0.258. The number of carbonyl (C=O) groups is 1. The summed E-state index contributed by atoms with van der Waals surface area (Å²) in [5, 5.41) is 5.61. The largest absolute Gasteiger partial charge is 0.356 e. The number of hydrogen-bond acceptors (Lipinski definition) is 3. The Hall–Kier alpha value is -1.75. The third-order valence-electron chi connectivity index (χ3n) is 2.80. The monoisotopic (exact) mass is 292 g/mol. The highest BCUT2D eigenvalue weighted by Crippen LogP contribution is 2.24. The van der Waals surface area contributed by atoms with Crippen LogP contribution in [0.4, 0.5) is 4.39 Å². The van der Waals surface area contributed by atoms with E-state index in [4.69, 9.17) is 0 Å². The minimum absolute atomic E-state index is 0.0769. The predicted molar refractivity (Wildman–Crippen MR) is 79.1 cm³/mol. The van der Waals surface area contributed by atoms with Crippen LogP contribution in [0.15, 0.2) is 29.6 Å². The molecule has 1 aromatic carbocycles. The van der Waals surface area contributed by atoms with Crippen molar-refractivity contribution in [2.45, 2.75) is 26.2 Å². The molecule has 2 aromatic rings. The second kappa shape index (κ2) is 7.14. The van der Waals surface area contributed by atoms with Crippen LogP contribution < -0.4 is 5.32 Å². The maximum atomic E-state index is 13.2. The van der Waals surface area contributed by atoms with E-state index >= 15 is 0 Å². The molecule has 1 amide bonds. The van der Waals surface area contributed by atoms with Gasteiger partial charge in [0.1, 0.15) is 10.8 Å². The SMILES string of the molecule is CCCC(=O)NCCc1csc(-c2cccc(F)c2)n1. The number of aromatic nitrogens is 1. The van der Waals surface area contributed by atoms with Crippen molar-refractivity contribution in [1.29, 1.82) is 0 Å². The van der Waals surface area contributed by atoms with Gasteiger partial charge in [-0.2, -0.15) is 0 Å². The van der Waals surface area contributed by atoms with Gasteiger partial charge in [0.25, 0.3) is 0 Å². The highest BCUT2D eigenvalue weighted by atomic mass is 32.1. The van der Waals surface area contributed by atoms with E-state index in [0.29, 0.717) is 19.4 Å². The van der Waals surface area contributed by atoms with Crippen molar-refractivity contribution in [3.63, 3.8) is 0 Å². The van der Waals surface area contributed by atoms with Crippen LogP contribution in [0.1, 0.15) is 25.5 Å². The lowest BCUT2D eigenvalue weighted by Gasteiger charge is -2.02. The summed E-state index contributed by atoms with van der Waals surface area (Å²) in [7, 11) is 0. The first-order valence-corrected chi connectivity index (χ1v) is 7.54. The Labute approximate surface area is 121 Å². The van der Waals surface area contributed by atoms with Gasteiger partial charge in [-0.25, -0.2) is 9.37 Å². The van der Waals surface area contributed by atoms with E-state index < -0.39 is 0 Å². The topological polar surface area (TPSA) is 42.0 Å². The Balaban J connectivity index is 1.91. The average Bonchev–Trinajstić information content (AvgIpc) is 2.88. The van der Waals surface area contributed by atoms with Crippen molar-refractivity contribution >= 4 is 17.2 Å². The van der Waals surface area contributed by atoms with Crippen LogP contribution in [0.5, 0.6) is 0 Å². The van der Waals surface area contributed by atoms with E-state index in [1.807, 2.05) is 18.4 Å². The number of carbonyl (C=O) groups excluding carboxylic acids is 1. The third kappa shape index (κ3) is 4.13. The molecule has 0 saturated heterocycles. The van der Waals surface area contributed by atoms with E-state index in [2.05, 4.69) is 10.3 Å². The van der Waals surface area contributed by atoms with Crippen LogP contribution in [0, 0.1) is 5.82 Å².